The first-order valence-electron chi connectivity index (χ1n) is 7.51. The minimum atomic E-state index is 0.0236. The molecule has 1 heterocycles. The van der Waals surface area contributed by atoms with E-state index in [4.69, 9.17) is 9.15 Å². The predicted molar refractivity (Wildman–Crippen MR) is 86.0 cm³/mol. The molecule has 0 radical (unpaired) electrons. The fourth-order valence-electron chi connectivity index (χ4n) is 2.77. The van der Waals surface area contributed by atoms with Gasteiger partial charge in [0.2, 0.25) is 0 Å². The molecule has 0 fully saturated rings. The molecule has 21 heavy (non-hydrogen) atoms. The van der Waals surface area contributed by atoms with Gasteiger partial charge < -0.3 is 14.5 Å². The van der Waals surface area contributed by atoms with Gasteiger partial charge in [0.25, 0.3) is 0 Å². The third-order valence-electron chi connectivity index (χ3n) is 3.76. The number of hydrogen-bond acceptors (Lipinski definition) is 3. The Morgan fingerprint density at radius 2 is 1.95 bits per heavy atom. The molecule has 1 aromatic carbocycles. The van der Waals surface area contributed by atoms with Crippen LogP contribution >= 0.6 is 0 Å². The molecule has 114 valence electrons. The summed E-state index contributed by atoms with van der Waals surface area (Å²) in [6.45, 7) is 9.39. The molecular formula is C18H25NO2. The smallest absolute Gasteiger partial charge is 0.128 e. The quantitative estimate of drug-likeness (QED) is 0.860. The average Bonchev–Trinajstić information content (AvgIpc) is 2.86. The van der Waals surface area contributed by atoms with Crippen LogP contribution in [0.5, 0.6) is 5.75 Å². The number of furan rings is 1. The summed E-state index contributed by atoms with van der Waals surface area (Å²) >= 11 is 0. The molecule has 0 saturated carbocycles. The molecule has 0 amide bonds. The Labute approximate surface area is 127 Å². The fourth-order valence-corrected chi connectivity index (χ4v) is 2.77. The SMILES string of the molecule is CCCNC(c1occc1C)c1c(C)cc(C)cc1OC. The zero-order chi connectivity index (χ0) is 15.4. The van der Waals surface area contributed by atoms with Gasteiger partial charge in [-0.2, -0.15) is 0 Å². The van der Waals surface area contributed by atoms with Crippen molar-refractivity contribution in [3.05, 3.63) is 52.5 Å². The molecule has 0 aliphatic rings. The van der Waals surface area contributed by atoms with Gasteiger partial charge in [-0.15, -0.1) is 0 Å². The number of aryl methyl sites for hydroxylation is 3. The predicted octanol–water partition coefficient (Wildman–Crippen LogP) is 4.30. The van der Waals surface area contributed by atoms with Crippen molar-refractivity contribution >= 4 is 0 Å². The normalized spacial score (nSPS) is 12.4. The number of nitrogens with one attached hydrogen (secondary N) is 1. The third kappa shape index (κ3) is 3.30. The first kappa shape index (κ1) is 15.6. The van der Waals surface area contributed by atoms with E-state index in [1.807, 2.05) is 6.07 Å². The topological polar surface area (TPSA) is 34.4 Å². The second-order valence-electron chi connectivity index (χ2n) is 5.55. The Bertz CT molecular complexity index is 601. The minimum absolute atomic E-state index is 0.0236. The highest BCUT2D eigenvalue weighted by atomic mass is 16.5. The summed E-state index contributed by atoms with van der Waals surface area (Å²) in [5.74, 6) is 1.88. The van der Waals surface area contributed by atoms with Crippen LogP contribution in [-0.2, 0) is 0 Å². The molecule has 2 rings (SSSR count). The molecule has 1 atom stereocenters. The molecule has 0 saturated heterocycles. The maximum absolute atomic E-state index is 5.74. The zero-order valence-corrected chi connectivity index (χ0v) is 13.6. The Kier molecular flexibility index (Phi) is 5.07. The van der Waals surface area contributed by atoms with E-state index in [-0.39, 0.29) is 6.04 Å². The van der Waals surface area contributed by atoms with Crippen molar-refractivity contribution in [2.45, 2.75) is 40.2 Å². The number of ether oxygens (including phenoxy) is 1. The number of hydrogen-bond donors (Lipinski definition) is 1. The molecule has 1 unspecified atom stereocenters. The lowest BCUT2D eigenvalue weighted by atomic mass is 9.94. The van der Waals surface area contributed by atoms with E-state index in [0.717, 1.165) is 35.6 Å². The number of methoxy groups -OCH3 is 1. The Hall–Kier alpha value is -1.74. The van der Waals surface area contributed by atoms with Crippen molar-refractivity contribution in [2.24, 2.45) is 0 Å². The average molecular weight is 287 g/mol. The molecular weight excluding hydrogens is 262 g/mol. The lowest BCUT2D eigenvalue weighted by Crippen LogP contribution is -2.24. The van der Waals surface area contributed by atoms with Gasteiger partial charge in [-0.1, -0.05) is 13.0 Å². The highest BCUT2D eigenvalue weighted by molar-refractivity contribution is 5.48. The number of rotatable bonds is 6. The Balaban J connectivity index is 2.54. The standard InChI is InChI=1S/C18H25NO2/c1-6-8-19-17(18-13(3)7-9-21-18)16-14(4)10-12(2)11-15(16)20-5/h7,9-11,17,19H,6,8H2,1-5H3. The Morgan fingerprint density at radius 1 is 1.19 bits per heavy atom. The van der Waals surface area contributed by atoms with Crippen molar-refractivity contribution in [3.8, 4) is 5.75 Å². The van der Waals surface area contributed by atoms with Crippen molar-refractivity contribution in [2.75, 3.05) is 13.7 Å². The fraction of sp³-hybridized carbons (Fsp3) is 0.444. The van der Waals surface area contributed by atoms with Crippen LogP contribution in [-0.4, -0.2) is 13.7 Å². The van der Waals surface area contributed by atoms with Crippen LogP contribution in [0.15, 0.2) is 28.9 Å². The molecule has 2 aromatic rings. The molecule has 0 aliphatic heterocycles. The zero-order valence-electron chi connectivity index (χ0n) is 13.6. The summed E-state index contributed by atoms with van der Waals surface area (Å²) in [6, 6.07) is 6.31. The summed E-state index contributed by atoms with van der Waals surface area (Å²) in [5, 5.41) is 3.59. The van der Waals surface area contributed by atoms with Crippen LogP contribution in [0.25, 0.3) is 0 Å². The van der Waals surface area contributed by atoms with Gasteiger partial charge in [0.05, 0.1) is 19.4 Å². The third-order valence-corrected chi connectivity index (χ3v) is 3.76. The van der Waals surface area contributed by atoms with E-state index in [9.17, 15) is 0 Å². The van der Waals surface area contributed by atoms with Gasteiger partial charge >= 0.3 is 0 Å². The lowest BCUT2D eigenvalue weighted by molar-refractivity contribution is 0.390. The lowest BCUT2D eigenvalue weighted by Gasteiger charge is -2.23. The maximum atomic E-state index is 5.74. The van der Waals surface area contributed by atoms with Crippen LogP contribution in [0.3, 0.4) is 0 Å². The second kappa shape index (κ2) is 6.81. The van der Waals surface area contributed by atoms with Gasteiger partial charge in [-0.25, -0.2) is 0 Å². The van der Waals surface area contributed by atoms with E-state index < -0.39 is 0 Å². The molecule has 3 nitrogen and oxygen atoms in total. The summed E-state index contributed by atoms with van der Waals surface area (Å²) in [6.07, 6.45) is 2.82. The van der Waals surface area contributed by atoms with Crippen LogP contribution in [0.4, 0.5) is 0 Å². The molecule has 0 aliphatic carbocycles. The molecule has 1 aromatic heterocycles. The summed E-state index contributed by atoms with van der Waals surface area (Å²) < 4.78 is 11.4. The van der Waals surface area contributed by atoms with Crippen LogP contribution < -0.4 is 10.1 Å². The van der Waals surface area contributed by atoms with E-state index in [2.05, 4.69) is 45.1 Å². The van der Waals surface area contributed by atoms with Gasteiger partial charge in [-0.05, 0) is 62.6 Å². The van der Waals surface area contributed by atoms with Gasteiger partial charge in [0.15, 0.2) is 0 Å². The van der Waals surface area contributed by atoms with Gasteiger partial charge in [0.1, 0.15) is 11.5 Å². The van der Waals surface area contributed by atoms with Gasteiger partial charge in [-0.3, -0.25) is 0 Å². The van der Waals surface area contributed by atoms with Crippen molar-refractivity contribution in [1.29, 1.82) is 0 Å². The number of benzene rings is 1. The molecule has 0 bridgehead atoms. The van der Waals surface area contributed by atoms with Crippen molar-refractivity contribution in [3.63, 3.8) is 0 Å². The first-order valence-corrected chi connectivity index (χ1v) is 7.51. The van der Waals surface area contributed by atoms with Crippen LogP contribution in [0.1, 0.15) is 47.4 Å². The van der Waals surface area contributed by atoms with Crippen LogP contribution in [0.2, 0.25) is 0 Å². The van der Waals surface area contributed by atoms with E-state index in [0.29, 0.717) is 0 Å². The summed E-state index contributed by atoms with van der Waals surface area (Å²) in [4.78, 5) is 0. The highest BCUT2D eigenvalue weighted by Crippen LogP contribution is 2.35. The largest absolute Gasteiger partial charge is 0.496 e. The first-order chi connectivity index (χ1) is 10.1. The monoisotopic (exact) mass is 287 g/mol. The second-order valence-corrected chi connectivity index (χ2v) is 5.55. The molecule has 1 N–H and O–H groups in total. The highest BCUT2D eigenvalue weighted by Gasteiger charge is 2.24. The van der Waals surface area contributed by atoms with E-state index in [1.165, 1.54) is 11.1 Å². The van der Waals surface area contributed by atoms with E-state index in [1.54, 1.807) is 13.4 Å². The summed E-state index contributed by atoms with van der Waals surface area (Å²) in [5.41, 5.74) is 4.75. The molecule has 0 spiro atoms. The van der Waals surface area contributed by atoms with Crippen molar-refractivity contribution < 1.29 is 9.15 Å². The van der Waals surface area contributed by atoms with Gasteiger partial charge in [0, 0.05) is 5.56 Å². The minimum Gasteiger partial charge on any atom is -0.496 e. The Morgan fingerprint density at radius 3 is 2.52 bits per heavy atom. The van der Waals surface area contributed by atoms with E-state index >= 15 is 0 Å². The summed E-state index contributed by atoms with van der Waals surface area (Å²) in [7, 11) is 1.73. The van der Waals surface area contributed by atoms with Crippen LogP contribution in [0, 0.1) is 20.8 Å². The van der Waals surface area contributed by atoms with Crippen molar-refractivity contribution in [1.82, 2.24) is 5.32 Å². The molecule has 3 heteroatoms. The maximum Gasteiger partial charge on any atom is 0.128 e.